The molecule has 0 fully saturated rings. The summed E-state index contributed by atoms with van der Waals surface area (Å²) in [7, 11) is 0. The zero-order chi connectivity index (χ0) is 22.7. The molecular formula is C22H23N7O2S. The average molecular weight is 450 g/mol. The predicted octanol–water partition coefficient (Wildman–Crippen LogP) is 3.86. The van der Waals surface area contributed by atoms with Crippen molar-refractivity contribution >= 4 is 34.6 Å². The molecule has 3 aromatic heterocycles. The van der Waals surface area contributed by atoms with Crippen molar-refractivity contribution < 1.29 is 4.74 Å². The monoisotopic (exact) mass is 449 g/mol. The number of H-pyrrole nitrogens is 1. The highest BCUT2D eigenvalue weighted by atomic mass is 32.2. The van der Waals surface area contributed by atoms with Crippen LogP contribution in [0.1, 0.15) is 29.7 Å². The zero-order valence-electron chi connectivity index (χ0n) is 18.3. The fourth-order valence-corrected chi connectivity index (χ4v) is 4.09. The minimum absolute atomic E-state index is 0.266. The van der Waals surface area contributed by atoms with Gasteiger partial charge in [0.2, 0.25) is 11.9 Å². The van der Waals surface area contributed by atoms with E-state index in [1.54, 1.807) is 0 Å². The Bertz CT molecular complexity index is 1320. The molecule has 10 heteroatoms. The largest absolute Gasteiger partial charge is 0.492 e. The molecule has 0 radical (unpaired) electrons. The molecule has 4 aromatic rings. The van der Waals surface area contributed by atoms with E-state index in [-0.39, 0.29) is 11.5 Å². The number of hydrogen-bond acceptors (Lipinski definition) is 9. The third-order valence-electron chi connectivity index (χ3n) is 4.52. The maximum Gasteiger partial charge on any atom is 0.252 e. The Morgan fingerprint density at radius 1 is 1.03 bits per heavy atom. The summed E-state index contributed by atoms with van der Waals surface area (Å²) in [6.07, 6.45) is 0. The number of benzene rings is 1. The van der Waals surface area contributed by atoms with Crippen LogP contribution in [0, 0.1) is 20.8 Å². The number of ether oxygens (including phenoxy) is 1. The molecule has 0 saturated heterocycles. The Balaban J connectivity index is 1.59. The highest BCUT2D eigenvalue weighted by Gasteiger charge is 2.11. The zero-order valence-corrected chi connectivity index (χ0v) is 19.1. The van der Waals surface area contributed by atoms with Gasteiger partial charge < -0.3 is 4.74 Å². The highest BCUT2D eigenvalue weighted by molar-refractivity contribution is 7.98. The number of rotatable bonds is 7. The van der Waals surface area contributed by atoms with Crippen LogP contribution in [0.3, 0.4) is 0 Å². The molecule has 1 aromatic carbocycles. The molecule has 0 bridgehead atoms. The summed E-state index contributed by atoms with van der Waals surface area (Å²) in [6.45, 7) is 8.21. The lowest BCUT2D eigenvalue weighted by molar-refractivity contribution is 0.343. The van der Waals surface area contributed by atoms with E-state index < -0.39 is 0 Å². The molecule has 0 spiro atoms. The van der Waals surface area contributed by atoms with E-state index in [0.29, 0.717) is 40.4 Å². The fourth-order valence-electron chi connectivity index (χ4n) is 3.25. The molecular weight excluding hydrogens is 426 g/mol. The van der Waals surface area contributed by atoms with Crippen molar-refractivity contribution in [2.75, 3.05) is 11.9 Å². The number of nitrogens with zero attached hydrogens (tertiary/aromatic N) is 5. The van der Waals surface area contributed by atoms with E-state index >= 15 is 0 Å². The molecule has 32 heavy (non-hydrogen) atoms. The van der Waals surface area contributed by atoms with Gasteiger partial charge in [-0.15, -0.1) is 0 Å². The Kier molecular flexibility index (Phi) is 6.31. The summed E-state index contributed by atoms with van der Waals surface area (Å²) in [5.74, 6) is 1.72. The number of aryl methyl sites for hydroxylation is 3. The second kappa shape index (κ2) is 9.31. The first-order valence-corrected chi connectivity index (χ1v) is 11.1. The molecule has 0 saturated carbocycles. The summed E-state index contributed by atoms with van der Waals surface area (Å²) in [5.41, 5.74) is 3.61. The first-order valence-electron chi connectivity index (χ1n) is 10.1. The topological polar surface area (TPSA) is 119 Å². The van der Waals surface area contributed by atoms with Crippen LogP contribution in [0.15, 0.2) is 40.3 Å². The average Bonchev–Trinajstić information content (AvgIpc) is 2.72. The van der Waals surface area contributed by atoms with E-state index in [4.69, 9.17) is 4.74 Å². The Labute approximate surface area is 189 Å². The van der Waals surface area contributed by atoms with Crippen LogP contribution in [0.2, 0.25) is 0 Å². The van der Waals surface area contributed by atoms with Crippen LogP contribution in [-0.4, -0.2) is 36.5 Å². The fraction of sp³-hybridized carbons (Fsp3) is 0.273. The first-order chi connectivity index (χ1) is 15.4. The molecule has 0 atom stereocenters. The second-order valence-corrected chi connectivity index (χ2v) is 8.09. The Morgan fingerprint density at radius 3 is 2.56 bits per heavy atom. The van der Waals surface area contributed by atoms with E-state index in [1.807, 2.05) is 52.0 Å². The molecule has 4 rings (SSSR count). The number of aromatic amines is 1. The summed E-state index contributed by atoms with van der Waals surface area (Å²) >= 11 is 1.42. The maximum atomic E-state index is 12.2. The summed E-state index contributed by atoms with van der Waals surface area (Å²) in [5, 5.41) is 4.57. The van der Waals surface area contributed by atoms with Gasteiger partial charge in [0.25, 0.3) is 5.56 Å². The van der Waals surface area contributed by atoms with Crippen molar-refractivity contribution in [2.24, 2.45) is 0 Å². The standard InChI is InChI=1S/C22H23N7O2S/c1-5-31-17-8-6-7-16-14(4)25-20(28-19(16)17)29-21-26-15(10-18(30)27-21)11-32-22-23-12(2)9-13(3)24-22/h6-10H,5,11H2,1-4H3,(H2,25,26,27,28,29,30). The van der Waals surface area contributed by atoms with Crippen LogP contribution in [0.5, 0.6) is 5.75 Å². The van der Waals surface area contributed by atoms with Crippen molar-refractivity contribution in [3.63, 3.8) is 0 Å². The van der Waals surface area contributed by atoms with Crippen LogP contribution in [-0.2, 0) is 5.75 Å². The lowest BCUT2D eigenvalue weighted by atomic mass is 10.2. The van der Waals surface area contributed by atoms with Crippen molar-refractivity contribution in [1.29, 1.82) is 0 Å². The SMILES string of the molecule is CCOc1cccc2c(C)nc(Nc3nc(CSc4nc(C)cc(C)n4)cc(=O)[nH]3)nc12. The van der Waals surface area contributed by atoms with Gasteiger partial charge in [-0.3, -0.25) is 15.1 Å². The van der Waals surface area contributed by atoms with Crippen LogP contribution >= 0.6 is 11.8 Å². The third kappa shape index (κ3) is 5.02. The molecule has 0 unspecified atom stereocenters. The normalized spacial score (nSPS) is 11.0. The summed E-state index contributed by atoms with van der Waals surface area (Å²) in [4.78, 5) is 37.3. The quantitative estimate of drug-likeness (QED) is 0.320. The number of nitrogens with one attached hydrogen (secondary N) is 2. The number of fused-ring (bicyclic) bond motifs is 1. The molecule has 0 amide bonds. The van der Waals surface area contributed by atoms with Gasteiger partial charge in [0.15, 0.2) is 5.16 Å². The summed E-state index contributed by atoms with van der Waals surface area (Å²) < 4.78 is 5.70. The minimum Gasteiger partial charge on any atom is -0.492 e. The molecule has 0 aliphatic rings. The van der Waals surface area contributed by atoms with Crippen molar-refractivity contribution in [2.45, 2.75) is 38.6 Å². The summed E-state index contributed by atoms with van der Waals surface area (Å²) in [6, 6.07) is 9.11. The van der Waals surface area contributed by atoms with Gasteiger partial charge in [0.05, 0.1) is 18.0 Å². The maximum absolute atomic E-state index is 12.2. The van der Waals surface area contributed by atoms with Crippen LogP contribution < -0.4 is 15.6 Å². The lowest BCUT2D eigenvalue weighted by Gasteiger charge is -2.11. The van der Waals surface area contributed by atoms with Gasteiger partial charge >= 0.3 is 0 Å². The highest BCUT2D eigenvalue weighted by Crippen LogP contribution is 2.27. The Morgan fingerprint density at radius 2 is 1.81 bits per heavy atom. The van der Waals surface area contributed by atoms with Gasteiger partial charge in [0, 0.05) is 28.6 Å². The van der Waals surface area contributed by atoms with E-state index in [9.17, 15) is 4.79 Å². The van der Waals surface area contributed by atoms with E-state index in [2.05, 4.69) is 35.2 Å². The van der Waals surface area contributed by atoms with Crippen molar-refractivity contribution in [3.05, 3.63) is 63.5 Å². The van der Waals surface area contributed by atoms with Crippen molar-refractivity contribution in [1.82, 2.24) is 29.9 Å². The third-order valence-corrected chi connectivity index (χ3v) is 5.40. The number of hydrogen-bond donors (Lipinski definition) is 2. The second-order valence-electron chi connectivity index (χ2n) is 7.15. The van der Waals surface area contributed by atoms with E-state index in [0.717, 1.165) is 22.5 Å². The van der Waals surface area contributed by atoms with Crippen LogP contribution in [0.25, 0.3) is 10.9 Å². The Hall–Kier alpha value is -3.53. The molecule has 0 aliphatic heterocycles. The number of para-hydroxylation sites is 1. The molecule has 9 nitrogen and oxygen atoms in total. The number of thioether (sulfide) groups is 1. The lowest BCUT2D eigenvalue weighted by Crippen LogP contribution is -2.13. The first kappa shape index (κ1) is 21.7. The van der Waals surface area contributed by atoms with Gasteiger partial charge in [-0.05, 0) is 39.8 Å². The number of anilines is 2. The van der Waals surface area contributed by atoms with E-state index in [1.165, 1.54) is 17.8 Å². The van der Waals surface area contributed by atoms with Gasteiger partial charge in [-0.25, -0.2) is 24.9 Å². The van der Waals surface area contributed by atoms with Crippen LogP contribution in [0.4, 0.5) is 11.9 Å². The smallest absolute Gasteiger partial charge is 0.252 e. The molecule has 0 aliphatic carbocycles. The molecule has 2 N–H and O–H groups in total. The molecule has 164 valence electrons. The number of aromatic nitrogens is 6. The van der Waals surface area contributed by atoms with Crippen molar-refractivity contribution in [3.8, 4) is 5.75 Å². The van der Waals surface area contributed by atoms with Gasteiger partial charge in [-0.1, -0.05) is 23.9 Å². The van der Waals surface area contributed by atoms with Gasteiger partial charge in [-0.2, -0.15) is 0 Å². The predicted molar refractivity (Wildman–Crippen MR) is 125 cm³/mol. The van der Waals surface area contributed by atoms with Gasteiger partial charge in [0.1, 0.15) is 11.3 Å². The molecule has 3 heterocycles. The minimum atomic E-state index is -0.271.